The van der Waals surface area contributed by atoms with E-state index < -0.39 is 0 Å². The van der Waals surface area contributed by atoms with Crippen molar-refractivity contribution in [1.82, 2.24) is 0 Å². The molecule has 0 saturated heterocycles. The number of nitrogens with one attached hydrogen (secondary N) is 1. The first-order chi connectivity index (χ1) is 13.2. The van der Waals surface area contributed by atoms with Crippen molar-refractivity contribution in [2.45, 2.75) is 25.7 Å². The lowest BCUT2D eigenvalue weighted by Crippen LogP contribution is -2.14. The van der Waals surface area contributed by atoms with Gasteiger partial charge >= 0.3 is 0 Å². The smallest absolute Gasteiger partial charge is 0.259 e. The number of anilines is 1. The zero-order chi connectivity index (χ0) is 18.6. The summed E-state index contributed by atoms with van der Waals surface area (Å²) < 4.78 is 0. The van der Waals surface area contributed by atoms with Crippen LogP contribution in [-0.4, -0.2) is 12.1 Å². The maximum atomic E-state index is 13.1. The third-order valence-corrected chi connectivity index (χ3v) is 6.06. The molecule has 1 aliphatic carbocycles. The number of fused-ring (bicyclic) bond motifs is 1. The summed E-state index contributed by atoms with van der Waals surface area (Å²) in [6.45, 7) is 0. The van der Waals surface area contributed by atoms with Gasteiger partial charge in [-0.3, -0.25) is 4.79 Å². The molecule has 2 aromatic carbocycles. The Morgan fingerprint density at radius 3 is 2.56 bits per heavy atom. The van der Waals surface area contributed by atoms with Gasteiger partial charge in [-0.15, -0.1) is 11.3 Å². The van der Waals surface area contributed by atoms with E-state index in [4.69, 9.17) is 11.6 Å². The Labute approximate surface area is 167 Å². The minimum absolute atomic E-state index is 0.100. The van der Waals surface area contributed by atoms with E-state index in [9.17, 15) is 4.79 Å². The molecule has 0 spiro atoms. The summed E-state index contributed by atoms with van der Waals surface area (Å²) in [6, 6.07) is 17.1. The van der Waals surface area contributed by atoms with Gasteiger partial charge in [0.05, 0.1) is 5.56 Å². The van der Waals surface area contributed by atoms with Gasteiger partial charge in [0, 0.05) is 21.8 Å². The summed E-state index contributed by atoms with van der Waals surface area (Å²) in [4.78, 5) is 19.0. The van der Waals surface area contributed by atoms with Gasteiger partial charge in [-0.05, 0) is 61.1 Å². The second kappa shape index (κ2) is 8.07. The van der Waals surface area contributed by atoms with E-state index in [0.29, 0.717) is 5.02 Å². The van der Waals surface area contributed by atoms with E-state index in [1.54, 1.807) is 23.5 Å². The highest BCUT2D eigenvalue weighted by Crippen LogP contribution is 2.40. The number of aliphatic imine (C=N–C) groups is 1. The maximum Gasteiger partial charge on any atom is 0.259 e. The first-order valence-electron chi connectivity index (χ1n) is 9.01. The molecule has 136 valence electrons. The number of halogens is 1. The van der Waals surface area contributed by atoms with E-state index in [2.05, 4.69) is 10.3 Å². The number of rotatable bonds is 4. The Hall–Kier alpha value is -2.43. The van der Waals surface area contributed by atoms with Crippen LogP contribution in [-0.2, 0) is 12.8 Å². The van der Waals surface area contributed by atoms with Gasteiger partial charge in [0.25, 0.3) is 5.91 Å². The molecule has 1 amide bonds. The number of hydrogen-bond donors (Lipinski definition) is 1. The minimum Gasteiger partial charge on any atom is -0.322 e. The fraction of sp³-hybridized carbons (Fsp3) is 0.182. The minimum atomic E-state index is -0.100. The van der Waals surface area contributed by atoms with Crippen LogP contribution in [0.1, 0.15) is 39.2 Å². The third kappa shape index (κ3) is 4.12. The van der Waals surface area contributed by atoms with Crippen molar-refractivity contribution in [1.29, 1.82) is 0 Å². The number of carbonyl (C=O) groups is 1. The van der Waals surface area contributed by atoms with Crippen LogP contribution in [0.15, 0.2) is 59.6 Å². The molecule has 1 aromatic heterocycles. The quantitative estimate of drug-likeness (QED) is 0.519. The van der Waals surface area contributed by atoms with Crippen molar-refractivity contribution >= 4 is 45.7 Å². The summed E-state index contributed by atoms with van der Waals surface area (Å²) in [7, 11) is 0. The lowest BCUT2D eigenvalue weighted by molar-refractivity contribution is 0.102. The number of carbonyl (C=O) groups excluding carboxylic acids is 1. The normalized spacial score (nSPS) is 13.5. The molecule has 0 radical (unpaired) electrons. The van der Waals surface area contributed by atoms with E-state index >= 15 is 0 Å². The fourth-order valence-electron chi connectivity index (χ4n) is 3.28. The molecule has 0 saturated carbocycles. The van der Waals surface area contributed by atoms with Crippen LogP contribution in [0.4, 0.5) is 10.7 Å². The summed E-state index contributed by atoms with van der Waals surface area (Å²) in [5.41, 5.74) is 3.64. The zero-order valence-electron chi connectivity index (χ0n) is 14.7. The second-order valence-corrected chi connectivity index (χ2v) is 8.04. The molecule has 27 heavy (non-hydrogen) atoms. The average molecular weight is 395 g/mol. The molecule has 1 aliphatic rings. The highest BCUT2D eigenvalue weighted by molar-refractivity contribution is 7.16. The number of thiophene rings is 1. The van der Waals surface area contributed by atoms with Gasteiger partial charge in [0.15, 0.2) is 0 Å². The second-order valence-electron chi connectivity index (χ2n) is 6.52. The predicted molar refractivity (Wildman–Crippen MR) is 114 cm³/mol. The molecule has 1 heterocycles. The molecular weight excluding hydrogens is 376 g/mol. The monoisotopic (exact) mass is 394 g/mol. The lowest BCUT2D eigenvalue weighted by atomic mass is 9.95. The Kier molecular flexibility index (Phi) is 5.37. The number of amides is 1. The highest BCUT2D eigenvalue weighted by atomic mass is 35.5. The largest absolute Gasteiger partial charge is 0.322 e. The number of hydrogen-bond acceptors (Lipinski definition) is 3. The van der Waals surface area contributed by atoms with Crippen LogP contribution < -0.4 is 5.32 Å². The summed E-state index contributed by atoms with van der Waals surface area (Å²) in [5.74, 6) is -0.100. The fourth-order valence-corrected chi connectivity index (χ4v) is 4.63. The Morgan fingerprint density at radius 2 is 1.78 bits per heavy atom. The third-order valence-electron chi connectivity index (χ3n) is 4.61. The molecule has 5 heteroatoms. The van der Waals surface area contributed by atoms with E-state index in [-0.39, 0.29) is 5.91 Å². The molecule has 3 aromatic rings. The summed E-state index contributed by atoms with van der Waals surface area (Å²) >= 11 is 7.58. The lowest BCUT2D eigenvalue weighted by Gasteiger charge is -2.12. The molecule has 1 N–H and O–H groups in total. The summed E-state index contributed by atoms with van der Waals surface area (Å²) in [6.07, 6.45) is 6.09. The maximum absolute atomic E-state index is 13.1. The van der Waals surface area contributed by atoms with Gasteiger partial charge in [-0.25, -0.2) is 4.99 Å². The molecular formula is C22H19ClN2OS. The van der Waals surface area contributed by atoms with Gasteiger partial charge in [-0.1, -0.05) is 41.9 Å². The molecule has 0 fully saturated rings. The zero-order valence-corrected chi connectivity index (χ0v) is 16.3. The Balaban J connectivity index is 1.67. The highest BCUT2D eigenvalue weighted by Gasteiger charge is 2.25. The van der Waals surface area contributed by atoms with Gasteiger partial charge in [-0.2, -0.15) is 0 Å². The van der Waals surface area contributed by atoms with Crippen LogP contribution in [0.5, 0.6) is 0 Å². The van der Waals surface area contributed by atoms with Crippen molar-refractivity contribution in [3.63, 3.8) is 0 Å². The van der Waals surface area contributed by atoms with E-state index in [1.165, 1.54) is 11.3 Å². The number of nitrogens with zero attached hydrogens (tertiary/aromatic N) is 1. The van der Waals surface area contributed by atoms with Crippen molar-refractivity contribution in [2.75, 3.05) is 5.32 Å². The Morgan fingerprint density at radius 1 is 1.04 bits per heavy atom. The standard InChI is InChI=1S/C22H19ClN2OS/c23-16-10-12-17(13-11-16)25-21(26)20-18-8-4-5-9-19(18)27-22(20)24-14-15-6-2-1-3-7-15/h1-3,6-7,10-14H,4-5,8-9H2,(H,25,26)/b24-14+. The molecule has 4 rings (SSSR count). The van der Waals surface area contributed by atoms with Gasteiger partial charge in [0.1, 0.15) is 5.00 Å². The van der Waals surface area contributed by atoms with Crippen LogP contribution in [0.2, 0.25) is 5.02 Å². The van der Waals surface area contributed by atoms with E-state index in [0.717, 1.165) is 46.6 Å². The summed E-state index contributed by atoms with van der Waals surface area (Å²) in [5, 5.41) is 4.43. The topological polar surface area (TPSA) is 41.5 Å². The molecule has 0 unspecified atom stereocenters. The number of benzene rings is 2. The van der Waals surface area contributed by atoms with E-state index in [1.807, 2.05) is 48.7 Å². The first-order valence-corrected chi connectivity index (χ1v) is 10.2. The SMILES string of the molecule is O=C(Nc1ccc(Cl)cc1)c1c(/N=C/c2ccccc2)sc2c1CCCC2. The number of aryl methyl sites for hydroxylation is 1. The van der Waals surface area contributed by atoms with Crippen molar-refractivity contribution < 1.29 is 4.79 Å². The van der Waals surface area contributed by atoms with Crippen molar-refractivity contribution in [2.24, 2.45) is 4.99 Å². The van der Waals surface area contributed by atoms with Gasteiger partial charge < -0.3 is 5.32 Å². The first kappa shape index (κ1) is 18.0. The van der Waals surface area contributed by atoms with Crippen molar-refractivity contribution in [3.8, 4) is 0 Å². The van der Waals surface area contributed by atoms with Crippen LogP contribution in [0.3, 0.4) is 0 Å². The Bertz CT molecular complexity index is 978. The van der Waals surface area contributed by atoms with Crippen LogP contribution >= 0.6 is 22.9 Å². The molecule has 3 nitrogen and oxygen atoms in total. The molecule has 0 aliphatic heterocycles. The molecule has 0 atom stereocenters. The van der Waals surface area contributed by atoms with Gasteiger partial charge in [0.2, 0.25) is 0 Å². The molecule has 0 bridgehead atoms. The van der Waals surface area contributed by atoms with Crippen molar-refractivity contribution in [3.05, 3.63) is 81.2 Å². The van der Waals surface area contributed by atoms with Crippen LogP contribution in [0, 0.1) is 0 Å². The van der Waals surface area contributed by atoms with Crippen LogP contribution in [0.25, 0.3) is 0 Å². The predicted octanol–water partition coefficient (Wildman–Crippen LogP) is 6.28. The average Bonchev–Trinajstić information content (AvgIpc) is 3.07.